The molecule has 2 unspecified atom stereocenters. The van der Waals surface area contributed by atoms with Gasteiger partial charge in [0.1, 0.15) is 0 Å². The topological polar surface area (TPSA) is 72.9 Å². The molecule has 1 aliphatic heterocycles. The number of benzene rings is 1. The first-order valence-electron chi connectivity index (χ1n) is 6.88. The quantitative estimate of drug-likeness (QED) is 0.880. The molecule has 5 nitrogen and oxygen atoms in total. The van der Waals surface area contributed by atoms with Gasteiger partial charge in [-0.25, -0.2) is 4.68 Å². The molecule has 1 fully saturated rings. The third kappa shape index (κ3) is 2.44. The van der Waals surface area contributed by atoms with E-state index in [0.29, 0.717) is 5.92 Å². The highest BCUT2D eigenvalue weighted by Gasteiger charge is 2.28. The maximum Gasteiger partial charge on any atom is 0.234 e. The molecule has 5 heteroatoms. The van der Waals surface area contributed by atoms with Gasteiger partial charge in [-0.2, -0.15) is 5.10 Å². The molecule has 0 saturated carbocycles. The minimum Gasteiger partial charge on any atom is -0.368 e. The Morgan fingerprint density at radius 2 is 2.10 bits per heavy atom. The number of aromatic nitrogens is 2. The van der Waals surface area contributed by atoms with Crippen molar-refractivity contribution in [3.8, 4) is 5.69 Å². The van der Waals surface area contributed by atoms with Crippen molar-refractivity contribution in [2.45, 2.75) is 24.8 Å². The Labute approximate surface area is 117 Å². The summed E-state index contributed by atoms with van der Waals surface area (Å²) in [5, 5.41) is 7.58. The predicted octanol–water partition coefficient (Wildman–Crippen LogP) is 1.19. The maximum atomic E-state index is 11.4. The van der Waals surface area contributed by atoms with Crippen LogP contribution in [-0.4, -0.2) is 28.3 Å². The zero-order valence-corrected chi connectivity index (χ0v) is 11.2. The third-order valence-corrected chi connectivity index (χ3v) is 3.84. The zero-order chi connectivity index (χ0) is 13.9. The average Bonchev–Trinajstić information content (AvgIpc) is 2.98. The Bertz CT molecular complexity index is 593. The summed E-state index contributed by atoms with van der Waals surface area (Å²) in [6.45, 7) is 0.804. The van der Waals surface area contributed by atoms with E-state index in [2.05, 4.69) is 10.4 Å². The SMILES string of the molecule is NC(=O)C1CC(c2ccnn2-c2ccccc2)CCN1. The van der Waals surface area contributed by atoms with E-state index in [-0.39, 0.29) is 11.9 Å². The molecule has 0 aliphatic carbocycles. The van der Waals surface area contributed by atoms with E-state index < -0.39 is 0 Å². The highest BCUT2D eigenvalue weighted by atomic mass is 16.1. The molecule has 2 heterocycles. The van der Waals surface area contributed by atoms with Crippen LogP contribution in [0.3, 0.4) is 0 Å². The van der Waals surface area contributed by atoms with Crippen LogP contribution in [0.5, 0.6) is 0 Å². The Morgan fingerprint density at radius 3 is 2.85 bits per heavy atom. The van der Waals surface area contributed by atoms with E-state index in [1.165, 1.54) is 0 Å². The lowest BCUT2D eigenvalue weighted by Crippen LogP contribution is -2.46. The van der Waals surface area contributed by atoms with Crippen LogP contribution in [0.25, 0.3) is 5.69 Å². The summed E-state index contributed by atoms with van der Waals surface area (Å²) < 4.78 is 1.95. The monoisotopic (exact) mass is 270 g/mol. The predicted molar refractivity (Wildman–Crippen MR) is 76.5 cm³/mol. The minimum atomic E-state index is -0.277. The Morgan fingerprint density at radius 1 is 1.30 bits per heavy atom. The molecule has 2 aromatic rings. The zero-order valence-electron chi connectivity index (χ0n) is 11.2. The number of hydrogen-bond donors (Lipinski definition) is 2. The van der Waals surface area contributed by atoms with Gasteiger partial charge < -0.3 is 11.1 Å². The Hall–Kier alpha value is -2.14. The number of rotatable bonds is 3. The highest BCUT2D eigenvalue weighted by Crippen LogP contribution is 2.29. The van der Waals surface area contributed by atoms with Gasteiger partial charge in [0.15, 0.2) is 0 Å². The molecule has 1 amide bonds. The summed E-state index contributed by atoms with van der Waals surface area (Å²) in [5.41, 5.74) is 7.59. The van der Waals surface area contributed by atoms with Gasteiger partial charge >= 0.3 is 0 Å². The number of carbonyl (C=O) groups is 1. The minimum absolute atomic E-state index is 0.243. The van der Waals surface area contributed by atoms with E-state index >= 15 is 0 Å². The van der Waals surface area contributed by atoms with Gasteiger partial charge in [0.2, 0.25) is 5.91 Å². The first-order valence-corrected chi connectivity index (χ1v) is 6.88. The van der Waals surface area contributed by atoms with Gasteiger partial charge in [-0.1, -0.05) is 18.2 Å². The number of amides is 1. The second-order valence-corrected chi connectivity index (χ2v) is 5.13. The standard InChI is InChI=1S/C15H18N4O/c16-15(20)13-10-11(6-8-17-13)14-7-9-18-19(14)12-4-2-1-3-5-12/h1-5,7,9,11,13,17H,6,8,10H2,(H2,16,20). The Kier molecular flexibility index (Phi) is 3.52. The molecule has 0 bridgehead atoms. The van der Waals surface area contributed by atoms with Gasteiger partial charge in [-0.15, -0.1) is 0 Å². The number of primary amides is 1. The van der Waals surface area contributed by atoms with Crippen molar-refractivity contribution < 1.29 is 4.79 Å². The van der Waals surface area contributed by atoms with Crippen LogP contribution in [0.4, 0.5) is 0 Å². The van der Waals surface area contributed by atoms with Crippen LogP contribution in [0.2, 0.25) is 0 Å². The largest absolute Gasteiger partial charge is 0.368 e. The first-order chi connectivity index (χ1) is 9.75. The molecule has 2 atom stereocenters. The normalized spacial score (nSPS) is 22.6. The van der Waals surface area contributed by atoms with Crippen LogP contribution >= 0.6 is 0 Å². The first kappa shape index (κ1) is 12.9. The molecule has 104 valence electrons. The molecule has 3 N–H and O–H groups in total. The average molecular weight is 270 g/mol. The van der Waals surface area contributed by atoms with E-state index in [4.69, 9.17) is 5.73 Å². The lowest BCUT2D eigenvalue weighted by Gasteiger charge is -2.28. The summed E-state index contributed by atoms with van der Waals surface area (Å²) in [7, 11) is 0. The van der Waals surface area contributed by atoms with Crippen molar-refractivity contribution in [2.24, 2.45) is 5.73 Å². The van der Waals surface area contributed by atoms with Gasteiger partial charge in [-0.05, 0) is 37.6 Å². The van der Waals surface area contributed by atoms with E-state index in [9.17, 15) is 4.79 Å². The van der Waals surface area contributed by atoms with Gasteiger partial charge in [0.05, 0.1) is 11.7 Å². The van der Waals surface area contributed by atoms with Crippen LogP contribution in [0.1, 0.15) is 24.5 Å². The van der Waals surface area contributed by atoms with Gasteiger partial charge in [0.25, 0.3) is 0 Å². The Balaban J connectivity index is 1.88. The molecular weight excluding hydrogens is 252 g/mol. The number of para-hydroxylation sites is 1. The summed E-state index contributed by atoms with van der Waals surface area (Å²) in [6.07, 6.45) is 3.53. The van der Waals surface area contributed by atoms with Crippen molar-refractivity contribution in [3.63, 3.8) is 0 Å². The smallest absolute Gasteiger partial charge is 0.234 e. The van der Waals surface area contributed by atoms with E-state index in [1.807, 2.05) is 47.3 Å². The van der Waals surface area contributed by atoms with Crippen molar-refractivity contribution in [1.29, 1.82) is 0 Å². The summed E-state index contributed by atoms with van der Waals surface area (Å²) in [5.74, 6) is 0.0249. The fourth-order valence-corrected chi connectivity index (χ4v) is 2.81. The molecule has 0 radical (unpaired) electrons. The van der Waals surface area contributed by atoms with Crippen molar-refractivity contribution in [2.75, 3.05) is 6.54 Å². The lowest BCUT2D eigenvalue weighted by atomic mass is 9.89. The highest BCUT2D eigenvalue weighted by molar-refractivity contribution is 5.80. The number of nitrogens with one attached hydrogen (secondary N) is 1. The van der Waals surface area contributed by atoms with Crippen molar-refractivity contribution in [1.82, 2.24) is 15.1 Å². The van der Waals surface area contributed by atoms with Crippen LogP contribution in [-0.2, 0) is 4.79 Å². The molecule has 1 aromatic heterocycles. The molecular formula is C15H18N4O. The van der Waals surface area contributed by atoms with Crippen molar-refractivity contribution in [3.05, 3.63) is 48.3 Å². The number of hydrogen-bond acceptors (Lipinski definition) is 3. The van der Waals surface area contributed by atoms with Crippen LogP contribution in [0.15, 0.2) is 42.6 Å². The van der Waals surface area contributed by atoms with Crippen LogP contribution < -0.4 is 11.1 Å². The number of nitrogens with zero attached hydrogens (tertiary/aromatic N) is 2. The summed E-state index contributed by atoms with van der Waals surface area (Å²) in [4.78, 5) is 11.4. The molecule has 1 aromatic carbocycles. The second-order valence-electron chi connectivity index (χ2n) is 5.13. The fourth-order valence-electron chi connectivity index (χ4n) is 2.81. The number of piperidine rings is 1. The number of nitrogens with two attached hydrogens (primary N) is 1. The molecule has 3 rings (SSSR count). The third-order valence-electron chi connectivity index (χ3n) is 3.84. The lowest BCUT2D eigenvalue weighted by molar-refractivity contribution is -0.120. The fraction of sp³-hybridized carbons (Fsp3) is 0.333. The summed E-state index contributed by atoms with van der Waals surface area (Å²) >= 11 is 0. The number of carbonyl (C=O) groups excluding carboxylic acids is 1. The van der Waals surface area contributed by atoms with Gasteiger partial charge in [0, 0.05) is 17.8 Å². The second kappa shape index (κ2) is 5.46. The molecule has 20 heavy (non-hydrogen) atoms. The van der Waals surface area contributed by atoms with Gasteiger partial charge in [-0.3, -0.25) is 4.79 Å². The molecule has 0 spiro atoms. The van der Waals surface area contributed by atoms with Crippen LogP contribution in [0, 0.1) is 0 Å². The maximum absolute atomic E-state index is 11.4. The van der Waals surface area contributed by atoms with Crippen molar-refractivity contribution >= 4 is 5.91 Å². The molecule has 1 aliphatic rings. The molecule has 1 saturated heterocycles. The summed E-state index contributed by atoms with van der Waals surface area (Å²) in [6, 6.07) is 11.8. The van der Waals surface area contributed by atoms with E-state index in [1.54, 1.807) is 0 Å². The van der Waals surface area contributed by atoms with E-state index in [0.717, 1.165) is 30.8 Å².